The van der Waals surface area contributed by atoms with Gasteiger partial charge in [-0.05, 0) is 19.9 Å². The molecule has 1 heterocycles. The van der Waals surface area contributed by atoms with Gasteiger partial charge in [0.05, 0.1) is 18.7 Å². The lowest BCUT2D eigenvalue weighted by atomic mass is 10.2. The summed E-state index contributed by atoms with van der Waals surface area (Å²) in [6.07, 6.45) is -3.13. The predicted octanol–water partition coefficient (Wildman–Crippen LogP) is 1.66. The molecule has 0 saturated carbocycles. The first-order chi connectivity index (χ1) is 8.73. The van der Waals surface area contributed by atoms with Crippen LogP contribution in [0.3, 0.4) is 0 Å². The first-order valence-electron chi connectivity index (χ1n) is 5.62. The average molecular weight is 279 g/mol. The lowest BCUT2D eigenvalue weighted by molar-refractivity contribution is -0.151. The zero-order valence-electron chi connectivity index (χ0n) is 10.6. The van der Waals surface area contributed by atoms with Gasteiger partial charge in [-0.15, -0.1) is 0 Å². The van der Waals surface area contributed by atoms with Crippen LogP contribution in [-0.4, -0.2) is 29.6 Å². The Labute approximate surface area is 108 Å². The number of nitrogens with two attached hydrogens (primary N) is 1. The van der Waals surface area contributed by atoms with Gasteiger partial charge in [-0.2, -0.15) is 13.2 Å². The highest BCUT2D eigenvalue weighted by Crippen LogP contribution is 2.20. The van der Waals surface area contributed by atoms with Crippen LogP contribution in [0.25, 0.3) is 0 Å². The molecule has 0 atom stereocenters. The highest BCUT2D eigenvalue weighted by atomic mass is 19.4. The van der Waals surface area contributed by atoms with Crippen molar-refractivity contribution in [2.24, 2.45) is 5.84 Å². The summed E-state index contributed by atoms with van der Waals surface area (Å²) in [5, 5.41) is 0. The van der Waals surface area contributed by atoms with Gasteiger partial charge in [0.1, 0.15) is 12.0 Å². The van der Waals surface area contributed by atoms with Gasteiger partial charge in [-0.3, -0.25) is 15.1 Å². The van der Waals surface area contributed by atoms with Gasteiger partial charge in [0.15, 0.2) is 0 Å². The summed E-state index contributed by atoms with van der Waals surface area (Å²) in [7, 11) is 0. The summed E-state index contributed by atoms with van der Waals surface area (Å²) in [5.74, 6) is 4.67. The number of carbonyl (C=O) groups excluding carboxylic acids is 1. The lowest BCUT2D eigenvalue weighted by Crippen LogP contribution is -2.38. The maximum atomic E-state index is 12.4. The number of nitrogen functional groups attached to an aromatic ring is 1. The van der Waals surface area contributed by atoms with E-state index in [1.165, 1.54) is 11.0 Å². The Morgan fingerprint density at radius 2 is 2.16 bits per heavy atom. The first kappa shape index (κ1) is 15.5. The maximum Gasteiger partial charge on any atom is 0.401 e. The number of hydrogen-bond acceptors (Lipinski definition) is 4. The molecule has 0 radical (unpaired) electrons. The average Bonchev–Trinajstić information content (AvgIpc) is 2.73. The molecule has 0 aliphatic heterocycles. The van der Waals surface area contributed by atoms with Crippen molar-refractivity contribution in [1.82, 2.24) is 10.3 Å². The molecular formula is C11H16F3N3O2. The van der Waals surface area contributed by atoms with Crippen LogP contribution in [0.1, 0.15) is 30.0 Å². The topological polar surface area (TPSA) is 71.5 Å². The summed E-state index contributed by atoms with van der Waals surface area (Å²) in [4.78, 5) is 12.4. The Kier molecular flexibility index (Phi) is 4.96. The number of alkyl halides is 3. The molecule has 0 saturated heterocycles. The van der Waals surface area contributed by atoms with Crippen molar-refractivity contribution < 1.29 is 22.4 Å². The Hall–Kier alpha value is -1.54. The second-order valence-electron chi connectivity index (χ2n) is 4.39. The fourth-order valence-corrected chi connectivity index (χ4v) is 1.52. The molecular weight excluding hydrogens is 263 g/mol. The molecule has 0 aliphatic carbocycles. The smallest absolute Gasteiger partial charge is 0.401 e. The Balaban J connectivity index is 2.74. The van der Waals surface area contributed by atoms with E-state index in [9.17, 15) is 18.0 Å². The second kappa shape index (κ2) is 6.07. The van der Waals surface area contributed by atoms with Gasteiger partial charge in [0, 0.05) is 6.04 Å². The summed E-state index contributed by atoms with van der Waals surface area (Å²) in [5.41, 5.74) is 2.09. The van der Waals surface area contributed by atoms with E-state index in [4.69, 9.17) is 10.3 Å². The third-order valence-corrected chi connectivity index (χ3v) is 2.52. The van der Waals surface area contributed by atoms with E-state index < -0.39 is 18.6 Å². The van der Waals surface area contributed by atoms with Gasteiger partial charge >= 0.3 is 6.18 Å². The van der Waals surface area contributed by atoms with Crippen LogP contribution in [0.15, 0.2) is 16.7 Å². The van der Waals surface area contributed by atoms with E-state index in [0.29, 0.717) is 0 Å². The van der Waals surface area contributed by atoms with Crippen molar-refractivity contribution in [3.8, 4) is 0 Å². The lowest BCUT2D eigenvalue weighted by Gasteiger charge is -2.26. The highest BCUT2D eigenvalue weighted by molar-refractivity contribution is 5.93. The summed E-state index contributed by atoms with van der Waals surface area (Å²) < 4.78 is 42.3. The van der Waals surface area contributed by atoms with Crippen molar-refractivity contribution in [2.75, 3.05) is 6.54 Å². The van der Waals surface area contributed by atoms with Crippen LogP contribution in [-0.2, 0) is 6.54 Å². The van der Waals surface area contributed by atoms with Crippen molar-refractivity contribution in [1.29, 1.82) is 0 Å². The second-order valence-corrected chi connectivity index (χ2v) is 4.39. The number of halogens is 3. The molecule has 1 aromatic rings. The third-order valence-electron chi connectivity index (χ3n) is 2.52. The van der Waals surface area contributed by atoms with Crippen LogP contribution < -0.4 is 11.3 Å². The fourth-order valence-electron chi connectivity index (χ4n) is 1.52. The quantitative estimate of drug-likeness (QED) is 0.488. The van der Waals surface area contributed by atoms with Crippen LogP contribution >= 0.6 is 0 Å². The largest absolute Gasteiger partial charge is 0.467 e. The molecule has 0 aromatic carbocycles. The minimum atomic E-state index is -4.28. The van der Waals surface area contributed by atoms with Crippen LogP contribution in [0.4, 0.5) is 13.2 Å². The van der Waals surface area contributed by atoms with E-state index >= 15 is 0 Å². The number of hydrogen-bond donors (Lipinski definition) is 2. The predicted molar refractivity (Wildman–Crippen MR) is 62.0 cm³/mol. The third kappa shape index (κ3) is 4.92. The van der Waals surface area contributed by atoms with Crippen molar-refractivity contribution in [3.63, 3.8) is 0 Å². The van der Waals surface area contributed by atoms with Gasteiger partial charge in [0.25, 0.3) is 5.91 Å². The van der Waals surface area contributed by atoms with E-state index in [1.807, 2.05) is 5.43 Å². The Morgan fingerprint density at radius 3 is 2.63 bits per heavy atom. The van der Waals surface area contributed by atoms with Gasteiger partial charge < -0.3 is 4.42 Å². The summed E-state index contributed by atoms with van der Waals surface area (Å²) in [6, 6.07) is 1.06. The number of rotatable bonds is 5. The van der Waals surface area contributed by atoms with Gasteiger partial charge in [-0.25, -0.2) is 5.84 Å². The monoisotopic (exact) mass is 279 g/mol. The molecule has 1 amide bonds. The van der Waals surface area contributed by atoms with Crippen molar-refractivity contribution in [2.45, 2.75) is 32.6 Å². The standard InChI is InChI=1S/C11H16F3N3O2/c1-7(2)17(6-11(12,13)14)4-9-3-8(5-19-9)10(18)16-15/h3,5,7H,4,6,15H2,1-2H3,(H,16,18). The van der Waals surface area contributed by atoms with Gasteiger partial charge in [-0.1, -0.05) is 0 Å². The fraction of sp³-hybridized carbons (Fsp3) is 0.545. The number of amides is 1. The minimum Gasteiger partial charge on any atom is -0.467 e. The molecule has 1 rings (SSSR count). The molecule has 8 heteroatoms. The number of carbonyl (C=O) groups is 1. The summed E-state index contributed by atoms with van der Waals surface area (Å²) in [6.45, 7) is 2.24. The molecule has 5 nitrogen and oxygen atoms in total. The number of nitrogens with one attached hydrogen (secondary N) is 1. The maximum absolute atomic E-state index is 12.4. The molecule has 0 unspecified atom stereocenters. The zero-order valence-corrected chi connectivity index (χ0v) is 10.6. The zero-order chi connectivity index (χ0) is 14.6. The highest BCUT2D eigenvalue weighted by Gasteiger charge is 2.32. The van der Waals surface area contributed by atoms with Crippen LogP contribution in [0, 0.1) is 0 Å². The molecule has 0 spiro atoms. The molecule has 19 heavy (non-hydrogen) atoms. The normalized spacial score (nSPS) is 12.2. The Morgan fingerprint density at radius 1 is 1.53 bits per heavy atom. The van der Waals surface area contributed by atoms with E-state index in [1.54, 1.807) is 13.8 Å². The molecule has 0 aliphatic rings. The van der Waals surface area contributed by atoms with Crippen LogP contribution in [0.5, 0.6) is 0 Å². The Bertz CT molecular complexity index is 429. The molecule has 0 fully saturated rings. The SMILES string of the molecule is CC(C)N(Cc1cc(C(=O)NN)co1)CC(F)(F)F. The van der Waals surface area contributed by atoms with Crippen molar-refractivity contribution in [3.05, 3.63) is 23.7 Å². The van der Waals surface area contributed by atoms with Crippen molar-refractivity contribution >= 4 is 5.91 Å². The number of furan rings is 1. The minimum absolute atomic E-state index is 0.0327. The van der Waals surface area contributed by atoms with Crippen LogP contribution in [0.2, 0.25) is 0 Å². The first-order valence-corrected chi connectivity index (χ1v) is 5.62. The van der Waals surface area contributed by atoms with Gasteiger partial charge in [0.2, 0.25) is 0 Å². The molecule has 0 bridgehead atoms. The van der Waals surface area contributed by atoms with E-state index in [-0.39, 0.29) is 23.9 Å². The number of nitrogens with zero attached hydrogens (tertiary/aromatic N) is 1. The molecule has 108 valence electrons. The molecule has 3 N–H and O–H groups in total. The molecule has 1 aromatic heterocycles. The summed E-state index contributed by atoms with van der Waals surface area (Å²) >= 11 is 0. The van der Waals surface area contributed by atoms with E-state index in [0.717, 1.165) is 6.26 Å². The number of hydrazine groups is 1. The van der Waals surface area contributed by atoms with E-state index in [2.05, 4.69) is 0 Å².